The van der Waals surface area contributed by atoms with E-state index in [0.717, 1.165) is 0 Å². The molecule has 0 radical (unpaired) electrons. The first-order chi connectivity index (χ1) is 9.07. The van der Waals surface area contributed by atoms with E-state index >= 15 is 0 Å². The van der Waals surface area contributed by atoms with Crippen molar-refractivity contribution < 1.29 is 14.7 Å². The predicted molar refractivity (Wildman–Crippen MR) is 77.0 cm³/mol. The van der Waals surface area contributed by atoms with Crippen LogP contribution in [0.2, 0.25) is 0 Å². The first kappa shape index (κ1) is 16.2. The van der Waals surface area contributed by atoms with Gasteiger partial charge in [-0.15, -0.1) is 0 Å². The van der Waals surface area contributed by atoms with Crippen LogP contribution in [0.15, 0.2) is 30.3 Å². The molecule has 1 unspecified atom stereocenters. The summed E-state index contributed by atoms with van der Waals surface area (Å²) in [5, 5.41) is 11.9. The lowest BCUT2D eigenvalue weighted by Crippen LogP contribution is -2.56. The van der Waals surface area contributed by atoms with Crippen molar-refractivity contribution in [1.82, 2.24) is 5.32 Å². The molecule has 0 spiro atoms. The Balaban J connectivity index is 2.99. The largest absolute Gasteiger partial charge is 0.479 e. The Kier molecular flexibility index (Phi) is 4.55. The lowest BCUT2D eigenvalue weighted by atomic mass is 9.74. The maximum atomic E-state index is 12.3. The van der Waals surface area contributed by atoms with Gasteiger partial charge in [-0.05, 0) is 33.3 Å². The van der Waals surface area contributed by atoms with Gasteiger partial charge in [-0.25, -0.2) is 4.79 Å². The lowest BCUT2D eigenvalue weighted by molar-refractivity contribution is -0.144. The van der Waals surface area contributed by atoms with Crippen LogP contribution < -0.4 is 11.1 Å². The van der Waals surface area contributed by atoms with Gasteiger partial charge in [0.1, 0.15) is 0 Å². The number of nitrogens with one attached hydrogen (secondary N) is 1. The van der Waals surface area contributed by atoms with Gasteiger partial charge in [0.05, 0.1) is 5.41 Å². The van der Waals surface area contributed by atoms with Crippen molar-refractivity contribution >= 4 is 11.9 Å². The van der Waals surface area contributed by atoms with Crippen LogP contribution in [0.4, 0.5) is 0 Å². The first-order valence-electron chi connectivity index (χ1n) is 6.45. The highest BCUT2D eigenvalue weighted by molar-refractivity contribution is 5.88. The van der Waals surface area contributed by atoms with Crippen LogP contribution in [-0.4, -0.2) is 22.5 Å². The summed E-state index contributed by atoms with van der Waals surface area (Å²) in [4.78, 5) is 23.7. The Morgan fingerprint density at radius 1 is 1.15 bits per heavy atom. The van der Waals surface area contributed by atoms with Crippen molar-refractivity contribution in [2.45, 2.75) is 39.3 Å². The molecule has 0 aliphatic carbocycles. The van der Waals surface area contributed by atoms with E-state index in [1.54, 1.807) is 58.0 Å². The number of aliphatic carboxylic acids is 1. The average Bonchev–Trinajstić information content (AvgIpc) is 2.34. The van der Waals surface area contributed by atoms with Crippen molar-refractivity contribution in [3.05, 3.63) is 35.9 Å². The molecule has 0 saturated heterocycles. The number of hydrogen-bond acceptors (Lipinski definition) is 3. The van der Waals surface area contributed by atoms with Crippen LogP contribution in [0.5, 0.6) is 0 Å². The molecule has 1 atom stereocenters. The van der Waals surface area contributed by atoms with Crippen molar-refractivity contribution in [1.29, 1.82) is 0 Å². The quantitative estimate of drug-likeness (QED) is 0.764. The smallest absolute Gasteiger partial charge is 0.330 e. The molecular formula is C15H22N2O3. The SMILES string of the molecule is CC(C)(N)C(C)(C)C(=O)NC(C(=O)O)c1ccccc1. The third-order valence-electron chi connectivity index (χ3n) is 3.83. The van der Waals surface area contributed by atoms with Crippen LogP contribution >= 0.6 is 0 Å². The molecule has 5 nitrogen and oxygen atoms in total. The fourth-order valence-electron chi connectivity index (χ4n) is 1.54. The first-order valence-corrected chi connectivity index (χ1v) is 6.45. The fraction of sp³-hybridized carbons (Fsp3) is 0.467. The Morgan fingerprint density at radius 2 is 1.65 bits per heavy atom. The van der Waals surface area contributed by atoms with Gasteiger partial charge in [0, 0.05) is 5.54 Å². The Morgan fingerprint density at radius 3 is 2.05 bits per heavy atom. The summed E-state index contributed by atoms with van der Waals surface area (Å²) in [5.41, 5.74) is 4.86. The summed E-state index contributed by atoms with van der Waals surface area (Å²) in [6.45, 7) is 6.88. The number of carbonyl (C=O) groups excluding carboxylic acids is 1. The van der Waals surface area contributed by atoms with E-state index in [-0.39, 0.29) is 5.91 Å². The van der Waals surface area contributed by atoms with E-state index in [0.29, 0.717) is 5.56 Å². The second kappa shape index (κ2) is 5.63. The highest BCUT2D eigenvalue weighted by atomic mass is 16.4. The number of amides is 1. The van der Waals surface area contributed by atoms with Gasteiger partial charge in [-0.2, -0.15) is 0 Å². The monoisotopic (exact) mass is 278 g/mol. The normalized spacial score (nSPS) is 13.7. The number of carboxylic acids is 1. The minimum absolute atomic E-state index is 0.388. The Bertz CT molecular complexity index is 490. The molecule has 0 aromatic heterocycles. The zero-order chi connectivity index (χ0) is 15.6. The van der Waals surface area contributed by atoms with Gasteiger partial charge in [0.25, 0.3) is 0 Å². The van der Waals surface area contributed by atoms with E-state index in [9.17, 15) is 14.7 Å². The number of nitrogens with two attached hydrogens (primary N) is 1. The molecule has 20 heavy (non-hydrogen) atoms. The minimum atomic E-state index is -1.10. The predicted octanol–water partition coefficient (Wildman–Crippen LogP) is 1.69. The zero-order valence-electron chi connectivity index (χ0n) is 12.3. The number of carbonyl (C=O) groups is 2. The average molecular weight is 278 g/mol. The number of rotatable bonds is 5. The summed E-state index contributed by atoms with van der Waals surface area (Å²) < 4.78 is 0. The molecular weight excluding hydrogens is 256 g/mol. The van der Waals surface area contributed by atoms with Gasteiger partial charge >= 0.3 is 5.97 Å². The van der Waals surface area contributed by atoms with Crippen LogP contribution in [0.25, 0.3) is 0 Å². The standard InChI is InChI=1S/C15H22N2O3/c1-14(2,15(3,4)16)13(20)17-11(12(18)19)10-8-6-5-7-9-10/h5-9,11H,16H2,1-4H3,(H,17,20)(H,18,19). The van der Waals surface area contributed by atoms with Gasteiger partial charge < -0.3 is 16.2 Å². The van der Waals surface area contributed by atoms with Crippen molar-refractivity contribution in [2.24, 2.45) is 11.1 Å². The molecule has 4 N–H and O–H groups in total. The van der Waals surface area contributed by atoms with Gasteiger partial charge in [-0.1, -0.05) is 30.3 Å². The van der Waals surface area contributed by atoms with Gasteiger partial charge in [0.15, 0.2) is 6.04 Å². The van der Waals surface area contributed by atoms with Crippen molar-refractivity contribution in [3.8, 4) is 0 Å². The summed E-state index contributed by atoms with van der Waals surface area (Å²) in [5.74, 6) is -1.49. The second-order valence-corrected chi connectivity index (χ2v) is 6.00. The van der Waals surface area contributed by atoms with Crippen LogP contribution in [0.1, 0.15) is 39.3 Å². The molecule has 0 bridgehead atoms. The van der Waals surface area contributed by atoms with Crippen LogP contribution in [0.3, 0.4) is 0 Å². The molecule has 1 aromatic rings. The lowest BCUT2D eigenvalue weighted by Gasteiger charge is -2.37. The Hall–Kier alpha value is -1.88. The summed E-state index contributed by atoms with van der Waals surface area (Å²) in [7, 11) is 0. The van der Waals surface area contributed by atoms with E-state index < -0.39 is 23.0 Å². The number of hydrogen-bond donors (Lipinski definition) is 3. The highest BCUT2D eigenvalue weighted by Crippen LogP contribution is 2.29. The zero-order valence-corrected chi connectivity index (χ0v) is 12.3. The summed E-state index contributed by atoms with van der Waals surface area (Å²) >= 11 is 0. The van der Waals surface area contributed by atoms with Gasteiger partial charge in [0.2, 0.25) is 5.91 Å². The van der Waals surface area contributed by atoms with E-state index in [4.69, 9.17) is 5.73 Å². The molecule has 0 fully saturated rings. The van der Waals surface area contributed by atoms with E-state index in [1.807, 2.05) is 0 Å². The van der Waals surface area contributed by atoms with Crippen LogP contribution in [-0.2, 0) is 9.59 Å². The number of carboxylic acid groups (broad SMARTS) is 1. The summed E-state index contributed by atoms with van der Waals surface area (Å²) in [6.07, 6.45) is 0. The fourth-order valence-corrected chi connectivity index (χ4v) is 1.54. The maximum Gasteiger partial charge on any atom is 0.330 e. The van der Waals surface area contributed by atoms with E-state index in [2.05, 4.69) is 5.32 Å². The van der Waals surface area contributed by atoms with E-state index in [1.165, 1.54) is 0 Å². The van der Waals surface area contributed by atoms with Crippen molar-refractivity contribution in [2.75, 3.05) is 0 Å². The molecule has 0 saturated carbocycles. The molecule has 110 valence electrons. The van der Waals surface area contributed by atoms with Gasteiger partial charge in [-0.3, -0.25) is 4.79 Å². The second-order valence-electron chi connectivity index (χ2n) is 6.00. The molecule has 1 aromatic carbocycles. The summed E-state index contributed by atoms with van der Waals surface area (Å²) in [6, 6.07) is 7.51. The molecule has 0 aliphatic rings. The molecule has 5 heteroatoms. The third-order valence-corrected chi connectivity index (χ3v) is 3.83. The molecule has 1 amide bonds. The van der Waals surface area contributed by atoms with Crippen LogP contribution in [0, 0.1) is 5.41 Å². The third kappa shape index (κ3) is 3.36. The molecule has 1 rings (SSSR count). The minimum Gasteiger partial charge on any atom is -0.479 e. The van der Waals surface area contributed by atoms with Crippen molar-refractivity contribution in [3.63, 3.8) is 0 Å². The molecule has 0 aliphatic heterocycles. The molecule has 0 heterocycles. The number of benzene rings is 1. The maximum absolute atomic E-state index is 12.3. The Labute approximate surface area is 119 Å². The topological polar surface area (TPSA) is 92.4 Å². The highest BCUT2D eigenvalue weighted by Gasteiger charge is 2.41.